The number of halogens is 1. The summed E-state index contributed by atoms with van der Waals surface area (Å²) in [4.78, 5) is 11.0. The fourth-order valence-electron chi connectivity index (χ4n) is 1.74. The van der Waals surface area contributed by atoms with Crippen LogP contribution in [0.15, 0.2) is 46.9 Å². The monoisotopic (exact) mass is 350 g/mol. The van der Waals surface area contributed by atoms with Gasteiger partial charge in [-0.2, -0.15) is 0 Å². The number of benzene rings is 2. The molecule has 0 unspecified atom stereocenters. The lowest BCUT2D eigenvalue weighted by molar-refractivity contribution is 0.111. The Morgan fingerprint density at radius 2 is 1.86 bits per heavy atom. The fourth-order valence-corrected chi connectivity index (χ4v) is 2.12. The van der Waals surface area contributed by atoms with E-state index in [0.29, 0.717) is 30.3 Å². The van der Waals surface area contributed by atoms with Crippen LogP contribution in [-0.4, -0.2) is 26.6 Å². The molecule has 0 N–H and O–H groups in total. The molecule has 0 aliphatic heterocycles. The van der Waals surface area contributed by atoms with Crippen molar-refractivity contribution in [2.75, 3.05) is 20.3 Å². The van der Waals surface area contributed by atoms with E-state index >= 15 is 0 Å². The van der Waals surface area contributed by atoms with Crippen molar-refractivity contribution in [2.45, 2.75) is 0 Å². The van der Waals surface area contributed by atoms with Crippen LogP contribution in [0.2, 0.25) is 0 Å². The predicted molar refractivity (Wildman–Crippen MR) is 83.5 cm³/mol. The van der Waals surface area contributed by atoms with Gasteiger partial charge in [0.05, 0.1) is 12.7 Å². The van der Waals surface area contributed by atoms with E-state index in [9.17, 15) is 4.79 Å². The Balaban J connectivity index is 1.87. The minimum atomic E-state index is 0.347. The predicted octanol–water partition coefficient (Wildman–Crippen LogP) is 3.73. The fraction of sp³-hybridized carbons (Fsp3) is 0.188. The molecule has 0 amide bonds. The molecule has 5 heteroatoms. The van der Waals surface area contributed by atoms with Crippen molar-refractivity contribution in [3.05, 3.63) is 52.5 Å². The quantitative estimate of drug-likeness (QED) is 0.563. The molecule has 4 nitrogen and oxygen atoms in total. The molecule has 0 saturated carbocycles. The van der Waals surface area contributed by atoms with Gasteiger partial charge in [-0.25, -0.2) is 0 Å². The number of aldehydes is 1. The highest BCUT2D eigenvalue weighted by molar-refractivity contribution is 9.10. The van der Waals surface area contributed by atoms with Gasteiger partial charge in [-0.1, -0.05) is 22.0 Å². The highest BCUT2D eigenvalue weighted by atomic mass is 79.9. The van der Waals surface area contributed by atoms with Gasteiger partial charge in [0.2, 0.25) is 0 Å². The van der Waals surface area contributed by atoms with Gasteiger partial charge in [0.15, 0.2) is 6.29 Å². The Labute approximate surface area is 131 Å². The zero-order chi connectivity index (χ0) is 15.1. The summed E-state index contributed by atoms with van der Waals surface area (Å²) >= 11 is 3.38. The Morgan fingerprint density at radius 1 is 1.05 bits per heavy atom. The Morgan fingerprint density at radius 3 is 2.57 bits per heavy atom. The molecule has 0 aliphatic carbocycles. The summed E-state index contributed by atoms with van der Waals surface area (Å²) in [6.07, 6.45) is 0.743. The van der Waals surface area contributed by atoms with E-state index in [2.05, 4.69) is 15.9 Å². The zero-order valence-electron chi connectivity index (χ0n) is 11.5. The van der Waals surface area contributed by atoms with Gasteiger partial charge >= 0.3 is 0 Å². The van der Waals surface area contributed by atoms with Gasteiger partial charge in [-0.3, -0.25) is 4.79 Å². The van der Waals surface area contributed by atoms with Crippen LogP contribution in [0, 0.1) is 0 Å². The normalized spacial score (nSPS) is 10.0. The molecule has 2 rings (SSSR count). The van der Waals surface area contributed by atoms with Gasteiger partial charge in [0.1, 0.15) is 30.5 Å². The van der Waals surface area contributed by atoms with Crippen LogP contribution in [0.5, 0.6) is 17.2 Å². The lowest BCUT2D eigenvalue weighted by Gasteiger charge is -2.11. The first kappa shape index (κ1) is 15.4. The third kappa shape index (κ3) is 4.49. The summed E-state index contributed by atoms with van der Waals surface area (Å²) in [5.41, 5.74) is 0.455. The average molecular weight is 351 g/mol. The van der Waals surface area contributed by atoms with Crippen LogP contribution < -0.4 is 14.2 Å². The maximum absolute atomic E-state index is 11.0. The van der Waals surface area contributed by atoms with Crippen LogP contribution in [-0.2, 0) is 0 Å². The number of methoxy groups -OCH3 is 1. The SMILES string of the molecule is COc1ccc(OCCOc2cccc(Br)c2)c(C=O)c1. The number of hydrogen-bond acceptors (Lipinski definition) is 4. The van der Waals surface area contributed by atoms with E-state index in [1.807, 2.05) is 24.3 Å². The van der Waals surface area contributed by atoms with Crippen LogP contribution >= 0.6 is 15.9 Å². The third-order valence-corrected chi connectivity index (χ3v) is 3.24. The molecule has 0 aliphatic rings. The molecule has 21 heavy (non-hydrogen) atoms. The van der Waals surface area contributed by atoms with Gasteiger partial charge in [0, 0.05) is 4.47 Å². The number of ether oxygens (including phenoxy) is 3. The Kier molecular flexibility index (Phi) is 5.63. The number of carbonyl (C=O) groups excluding carboxylic acids is 1. The number of carbonyl (C=O) groups is 1. The molecule has 0 aromatic heterocycles. The summed E-state index contributed by atoms with van der Waals surface area (Å²) in [6.45, 7) is 0.737. The first-order valence-corrected chi connectivity index (χ1v) is 7.16. The van der Waals surface area contributed by atoms with E-state index in [0.717, 1.165) is 16.5 Å². The van der Waals surface area contributed by atoms with Crippen molar-refractivity contribution in [3.63, 3.8) is 0 Å². The Bertz CT molecular complexity index is 613. The molecule has 0 radical (unpaired) electrons. The summed E-state index contributed by atoms with van der Waals surface area (Å²) in [7, 11) is 1.55. The molecular formula is C16H15BrO4. The van der Waals surface area contributed by atoms with Crippen LogP contribution in [0.3, 0.4) is 0 Å². The zero-order valence-corrected chi connectivity index (χ0v) is 13.1. The maximum atomic E-state index is 11.0. The molecule has 2 aromatic rings. The van der Waals surface area contributed by atoms with Crippen LogP contribution in [0.1, 0.15) is 10.4 Å². The number of hydrogen-bond donors (Lipinski definition) is 0. The van der Waals surface area contributed by atoms with Crippen LogP contribution in [0.4, 0.5) is 0 Å². The summed E-state index contributed by atoms with van der Waals surface area (Å²) in [6, 6.07) is 12.7. The topological polar surface area (TPSA) is 44.8 Å². The lowest BCUT2D eigenvalue weighted by Crippen LogP contribution is -2.10. The second-order valence-electron chi connectivity index (χ2n) is 4.18. The van der Waals surface area contributed by atoms with Crippen molar-refractivity contribution >= 4 is 22.2 Å². The molecular weight excluding hydrogens is 336 g/mol. The highest BCUT2D eigenvalue weighted by Crippen LogP contribution is 2.23. The van der Waals surface area contributed by atoms with E-state index in [4.69, 9.17) is 14.2 Å². The molecule has 0 bridgehead atoms. The summed E-state index contributed by atoms with van der Waals surface area (Å²) < 4.78 is 17.1. The molecule has 0 heterocycles. The van der Waals surface area contributed by atoms with Gasteiger partial charge < -0.3 is 14.2 Å². The first-order valence-electron chi connectivity index (χ1n) is 6.37. The maximum Gasteiger partial charge on any atom is 0.153 e. The third-order valence-electron chi connectivity index (χ3n) is 2.75. The second-order valence-corrected chi connectivity index (χ2v) is 5.09. The molecule has 0 fully saturated rings. The largest absolute Gasteiger partial charge is 0.497 e. The van der Waals surface area contributed by atoms with E-state index in [-0.39, 0.29) is 0 Å². The minimum absolute atomic E-state index is 0.347. The molecule has 0 atom stereocenters. The van der Waals surface area contributed by atoms with Gasteiger partial charge in [0.25, 0.3) is 0 Å². The summed E-state index contributed by atoms with van der Waals surface area (Å²) in [5.74, 6) is 1.90. The number of rotatable bonds is 7. The molecule has 2 aromatic carbocycles. The van der Waals surface area contributed by atoms with Crippen molar-refractivity contribution in [3.8, 4) is 17.2 Å². The van der Waals surface area contributed by atoms with Gasteiger partial charge in [-0.15, -0.1) is 0 Å². The van der Waals surface area contributed by atoms with E-state index in [1.165, 1.54) is 0 Å². The smallest absolute Gasteiger partial charge is 0.153 e. The van der Waals surface area contributed by atoms with Crippen molar-refractivity contribution in [2.24, 2.45) is 0 Å². The Hall–Kier alpha value is -2.01. The second kappa shape index (κ2) is 7.69. The molecule has 0 saturated heterocycles. The van der Waals surface area contributed by atoms with Crippen molar-refractivity contribution in [1.29, 1.82) is 0 Å². The van der Waals surface area contributed by atoms with E-state index in [1.54, 1.807) is 25.3 Å². The molecule has 0 spiro atoms. The highest BCUT2D eigenvalue weighted by Gasteiger charge is 2.05. The van der Waals surface area contributed by atoms with Crippen LogP contribution in [0.25, 0.3) is 0 Å². The summed E-state index contributed by atoms with van der Waals surface area (Å²) in [5, 5.41) is 0. The molecule has 110 valence electrons. The van der Waals surface area contributed by atoms with E-state index < -0.39 is 0 Å². The standard InChI is InChI=1S/C16H15BrO4/c1-19-14-5-6-16(12(9-14)11-18)21-8-7-20-15-4-2-3-13(17)10-15/h2-6,9-11H,7-8H2,1H3. The lowest BCUT2D eigenvalue weighted by atomic mass is 10.2. The first-order chi connectivity index (χ1) is 10.2. The van der Waals surface area contributed by atoms with Crippen molar-refractivity contribution in [1.82, 2.24) is 0 Å². The minimum Gasteiger partial charge on any atom is -0.497 e. The van der Waals surface area contributed by atoms with Gasteiger partial charge in [-0.05, 0) is 36.4 Å². The average Bonchev–Trinajstić information content (AvgIpc) is 2.51. The van der Waals surface area contributed by atoms with Crippen molar-refractivity contribution < 1.29 is 19.0 Å².